The molecule has 0 radical (unpaired) electrons. The summed E-state index contributed by atoms with van der Waals surface area (Å²) in [7, 11) is -3.62. The Morgan fingerprint density at radius 1 is 1.21 bits per heavy atom. The zero-order valence-electron chi connectivity index (χ0n) is 13.0. The fourth-order valence-electron chi connectivity index (χ4n) is 2.53. The fourth-order valence-corrected chi connectivity index (χ4v) is 4.25. The topological polar surface area (TPSA) is 83.7 Å². The molecule has 1 aromatic heterocycles. The van der Waals surface area contributed by atoms with Crippen LogP contribution in [0.2, 0.25) is 5.02 Å². The van der Waals surface area contributed by atoms with Crippen LogP contribution in [0.5, 0.6) is 0 Å². The smallest absolute Gasteiger partial charge is 0.292 e. The number of carbonyl (C=O) groups excluding carboxylic acids is 1. The first kappa shape index (κ1) is 16.9. The Morgan fingerprint density at radius 3 is 2.50 bits per heavy atom. The third kappa shape index (κ3) is 3.31. The van der Waals surface area contributed by atoms with Crippen molar-refractivity contribution in [3.63, 3.8) is 0 Å². The Hall–Kier alpha value is -1.90. The molecule has 24 heavy (non-hydrogen) atoms. The summed E-state index contributed by atoms with van der Waals surface area (Å²) in [6.45, 7) is 2.74. The number of hydrogen-bond acceptors (Lipinski definition) is 5. The van der Waals surface area contributed by atoms with Crippen molar-refractivity contribution in [1.82, 2.24) is 14.4 Å². The van der Waals surface area contributed by atoms with Gasteiger partial charge in [0.25, 0.3) is 5.91 Å². The third-order valence-electron chi connectivity index (χ3n) is 3.80. The van der Waals surface area contributed by atoms with Crippen molar-refractivity contribution in [2.24, 2.45) is 0 Å². The summed E-state index contributed by atoms with van der Waals surface area (Å²) in [6.07, 6.45) is 0. The molecule has 7 nitrogen and oxygen atoms in total. The van der Waals surface area contributed by atoms with Crippen LogP contribution < -0.4 is 0 Å². The molecule has 0 aliphatic carbocycles. The van der Waals surface area contributed by atoms with Crippen LogP contribution in [0.3, 0.4) is 0 Å². The highest BCUT2D eigenvalue weighted by atomic mass is 35.5. The Morgan fingerprint density at radius 2 is 1.92 bits per heavy atom. The Kier molecular flexibility index (Phi) is 4.62. The van der Waals surface area contributed by atoms with Gasteiger partial charge in [0.05, 0.1) is 10.6 Å². The SMILES string of the molecule is Cc1cc(C(=O)N2CCN(S(=O)(=O)c3cccc(Cl)c3)CC2)on1. The quantitative estimate of drug-likeness (QED) is 0.823. The Balaban J connectivity index is 1.69. The zero-order valence-corrected chi connectivity index (χ0v) is 14.5. The molecule has 0 unspecified atom stereocenters. The molecule has 2 aromatic rings. The van der Waals surface area contributed by atoms with Crippen molar-refractivity contribution in [2.75, 3.05) is 26.2 Å². The molecule has 1 aliphatic heterocycles. The van der Waals surface area contributed by atoms with Gasteiger partial charge in [0.1, 0.15) is 0 Å². The van der Waals surface area contributed by atoms with Crippen molar-refractivity contribution >= 4 is 27.5 Å². The second kappa shape index (κ2) is 6.54. The number of hydrogen-bond donors (Lipinski definition) is 0. The van der Waals surface area contributed by atoms with E-state index in [4.69, 9.17) is 16.1 Å². The van der Waals surface area contributed by atoms with Gasteiger partial charge in [-0.15, -0.1) is 0 Å². The van der Waals surface area contributed by atoms with E-state index in [-0.39, 0.29) is 29.7 Å². The van der Waals surface area contributed by atoms with E-state index in [2.05, 4.69) is 5.16 Å². The van der Waals surface area contributed by atoms with Gasteiger partial charge in [-0.1, -0.05) is 22.8 Å². The van der Waals surface area contributed by atoms with Crippen LogP contribution in [0.1, 0.15) is 16.2 Å². The summed E-state index contributed by atoms with van der Waals surface area (Å²) in [6, 6.07) is 7.72. The lowest BCUT2D eigenvalue weighted by Gasteiger charge is -2.33. The molecule has 1 aromatic carbocycles. The number of benzene rings is 1. The van der Waals surface area contributed by atoms with Gasteiger partial charge >= 0.3 is 0 Å². The van der Waals surface area contributed by atoms with Gasteiger partial charge in [0.2, 0.25) is 15.8 Å². The van der Waals surface area contributed by atoms with E-state index >= 15 is 0 Å². The van der Waals surface area contributed by atoms with Crippen LogP contribution >= 0.6 is 11.6 Å². The molecule has 1 saturated heterocycles. The standard InChI is InChI=1S/C15H16ClN3O4S/c1-11-9-14(23-17-11)15(20)18-5-7-19(8-6-18)24(21,22)13-4-2-3-12(16)10-13/h2-4,9-10H,5-8H2,1H3. The first-order valence-electron chi connectivity index (χ1n) is 7.36. The van der Waals surface area contributed by atoms with Crippen LogP contribution in [0.4, 0.5) is 0 Å². The maximum absolute atomic E-state index is 12.6. The predicted octanol–water partition coefficient (Wildman–Crippen LogP) is 1.78. The summed E-state index contributed by atoms with van der Waals surface area (Å²) >= 11 is 5.87. The average Bonchev–Trinajstić information content (AvgIpc) is 3.01. The van der Waals surface area contributed by atoms with E-state index in [0.717, 1.165) is 0 Å². The second-order valence-electron chi connectivity index (χ2n) is 5.49. The zero-order chi connectivity index (χ0) is 17.3. The van der Waals surface area contributed by atoms with Crippen LogP contribution in [-0.2, 0) is 10.0 Å². The van der Waals surface area contributed by atoms with Crippen molar-refractivity contribution in [3.8, 4) is 0 Å². The average molecular weight is 370 g/mol. The van der Waals surface area contributed by atoms with Crippen LogP contribution in [-0.4, -0.2) is 54.9 Å². The molecule has 9 heteroatoms. The highest BCUT2D eigenvalue weighted by Gasteiger charge is 2.31. The van der Waals surface area contributed by atoms with E-state index in [0.29, 0.717) is 23.8 Å². The fraction of sp³-hybridized carbons (Fsp3) is 0.333. The number of nitrogens with zero attached hydrogens (tertiary/aromatic N) is 3. The number of piperazine rings is 1. The molecule has 0 saturated carbocycles. The number of halogens is 1. The summed E-state index contributed by atoms with van der Waals surface area (Å²) in [5, 5.41) is 4.06. The van der Waals surface area contributed by atoms with E-state index in [1.807, 2.05) is 0 Å². The Bertz CT molecular complexity index is 857. The lowest BCUT2D eigenvalue weighted by atomic mass is 10.3. The van der Waals surface area contributed by atoms with Crippen LogP contribution in [0.15, 0.2) is 39.8 Å². The van der Waals surface area contributed by atoms with Gasteiger partial charge < -0.3 is 9.42 Å². The molecule has 0 atom stereocenters. The first-order chi connectivity index (χ1) is 11.4. The number of carbonyl (C=O) groups is 1. The minimum atomic E-state index is -3.62. The predicted molar refractivity (Wildman–Crippen MR) is 87.4 cm³/mol. The minimum Gasteiger partial charge on any atom is -0.351 e. The molecule has 0 bridgehead atoms. The summed E-state index contributed by atoms with van der Waals surface area (Å²) in [5.74, 6) is -0.117. The minimum absolute atomic E-state index is 0.153. The molecule has 3 rings (SSSR count). The number of sulfonamides is 1. The maximum Gasteiger partial charge on any atom is 0.292 e. The molecule has 0 spiro atoms. The van der Waals surface area contributed by atoms with Gasteiger partial charge in [-0.05, 0) is 25.1 Å². The largest absolute Gasteiger partial charge is 0.351 e. The summed E-state index contributed by atoms with van der Waals surface area (Å²) < 4.78 is 31.6. The van der Waals surface area contributed by atoms with E-state index in [1.54, 1.807) is 30.0 Å². The van der Waals surface area contributed by atoms with Crippen molar-refractivity contribution in [2.45, 2.75) is 11.8 Å². The maximum atomic E-state index is 12.6. The van der Waals surface area contributed by atoms with Gasteiger partial charge in [0, 0.05) is 37.3 Å². The lowest BCUT2D eigenvalue weighted by molar-refractivity contribution is 0.0656. The van der Waals surface area contributed by atoms with E-state index < -0.39 is 10.0 Å². The number of amides is 1. The Labute approximate surface area is 144 Å². The van der Waals surface area contributed by atoms with Gasteiger partial charge in [-0.3, -0.25) is 4.79 Å². The summed E-state index contributed by atoms with van der Waals surface area (Å²) in [4.78, 5) is 14.0. The summed E-state index contributed by atoms with van der Waals surface area (Å²) in [5.41, 5.74) is 0.625. The van der Waals surface area contributed by atoms with Crippen LogP contribution in [0, 0.1) is 6.92 Å². The van der Waals surface area contributed by atoms with Gasteiger partial charge in [-0.25, -0.2) is 8.42 Å². The first-order valence-corrected chi connectivity index (χ1v) is 9.18. The molecule has 1 fully saturated rings. The van der Waals surface area contributed by atoms with Gasteiger partial charge in [0.15, 0.2) is 0 Å². The molecular weight excluding hydrogens is 354 g/mol. The normalized spacial score (nSPS) is 16.3. The van der Waals surface area contributed by atoms with Gasteiger partial charge in [-0.2, -0.15) is 4.31 Å². The van der Waals surface area contributed by atoms with E-state index in [9.17, 15) is 13.2 Å². The number of aryl methyl sites for hydroxylation is 1. The lowest BCUT2D eigenvalue weighted by Crippen LogP contribution is -2.50. The van der Waals surface area contributed by atoms with E-state index in [1.165, 1.54) is 16.4 Å². The number of rotatable bonds is 3. The molecule has 2 heterocycles. The highest BCUT2D eigenvalue weighted by molar-refractivity contribution is 7.89. The van der Waals surface area contributed by atoms with Crippen molar-refractivity contribution in [3.05, 3.63) is 46.8 Å². The molecule has 1 aliphatic rings. The highest BCUT2D eigenvalue weighted by Crippen LogP contribution is 2.21. The molecule has 128 valence electrons. The third-order valence-corrected chi connectivity index (χ3v) is 5.93. The number of aromatic nitrogens is 1. The second-order valence-corrected chi connectivity index (χ2v) is 7.86. The molecule has 0 N–H and O–H groups in total. The molecular formula is C15H16ClN3O4S. The van der Waals surface area contributed by atoms with Crippen molar-refractivity contribution in [1.29, 1.82) is 0 Å². The van der Waals surface area contributed by atoms with Crippen molar-refractivity contribution < 1.29 is 17.7 Å². The molecule has 1 amide bonds. The van der Waals surface area contributed by atoms with Crippen LogP contribution in [0.25, 0.3) is 0 Å². The monoisotopic (exact) mass is 369 g/mol.